The number of hydrogen-bond acceptors (Lipinski definition) is 3. The minimum absolute atomic E-state index is 0.0305. The summed E-state index contributed by atoms with van der Waals surface area (Å²) in [5.74, 6) is 0.696. The molecule has 0 amide bonds. The number of hydrogen-bond donors (Lipinski definition) is 0. The summed E-state index contributed by atoms with van der Waals surface area (Å²) in [4.78, 5) is 0. The van der Waals surface area contributed by atoms with Crippen LogP contribution in [0.3, 0.4) is 0 Å². The molecule has 1 aliphatic carbocycles. The van der Waals surface area contributed by atoms with Gasteiger partial charge in [0.05, 0.1) is 12.8 Å². The monoisotopic (exact) mass is 321 g/mol. The minimum Gasteiger partial charge on any atom is -0.468 e. The number of furan rings is 1. The molecule has 0 atom stereocenters. The molecule has 96 valence electrons. The van der Waals surface area contributed by atoms with Crippen molar-refractivity contribution in [2.75, 3.05) is 4.66 Å². The molecule has 1 fully saturated rings. The molecule has 6 heteroatoms. The van der Waals surface area contributed by atoms with Crippen LogP contribution in [0, 0.1) is 0 Å². The summed E-state index contributed by atoms with van der Waals surface area (Å²) in [5.41, 5.74) is 0. The second-order valence-electron chi connectivity index (χ2n) is 4.28. The maximum absolute atomic E-state index is 12.1. The molecule has 0 spiro atoms. The third-order valence-corrected chi connectivity index (χ3v) is 6.27. The number of halogens is 1. The molecule has 1 aliphatic rings. The van der Waals surface area contributed by atoms with E-state index in [1.165, 1.54) is 0 Å². The average Bonchev–Trinajstić information content (AvgIpc) is 2.98. The first kappa shape index (κ1) is 13.1. The SMILES string of the molecule is O=S(=O)(CBr)N(Cc1ccco1)C1CCCC1. The highest BCUT2D eigenvalue weighted by Crippen LogP contribution is 2.28. The van der Waals surface area contributed by atoms with Gasteiger partial charge in [-0.15, -0.1) is 0 Å². The van der Waals surface area contributed by atoms with Gasteiger partial charge >= 0.3 is 0 Å². The van der Waals surface area contributed by atoms with Crippen molar-refractivity contribution in [3.63, 3.8) is 0 Å². The zero-order valence-corrected chi connectivity index (χ0v) is 11.9. The first-order valence-corrected chi connectivity index (χ1v) is 8.44. The number of nitrogens with zero attached hydrogens (tertiary/aromatic N) is 1. The Bertz CT molecular complexity index is 437. The van der Waals surface area contributed by atoms with Crippen molar-refractivity contribution in [3.8, 4) is 0 Å². The lowest BCUT2D eigenvalue weighted by molar-refractivity contribution is 0.293. The lowest BCUT2D eigenvalue weighted by Crippen LogP contribution is -2.38. The number of alkyl halides is 1. The van der Waals surface area contributed by atoms with Crippen LogP contribution in [-0.2, 0) is 16.6 Å². The van der Waals surface area contributed by atoms with Crippen LogP contribution < -0.4 is 0 Å². The Kier molecular flexibility index (Phi) is 4.27. The van der Waals surface area contributed by atoms with Gasteiger partial charge in [0.15, 0.2) is 0 Å². The Morgan fingerprint density at radius 2 is 2.12 bits per heavy atom. The molecule has 1 aromatic heterocycles. The van der Waals surface area contributed by atoms with Crippen molar-refractivity contribution in [2.24, 2.45) is 0 Å². The fourth-order valence-electron chi connectivity index (χ4n) is 2.27. The average molecular weight is 322 g/mol. The molecule has 1 saturated carbocycles. The van der Waals surface area contributed by atoms with Gasteiger partial charge < -0.3 is 4.42 Å². The zero-order valence-electron chi connectivity index (χ0n) is 9.51. The van der Waals surface area contributed by atoms with Gasteiger partial charge in [0, 0.05) is 6.04 Å². The van der Waals surface area contributed by atoms with Gasteiger partial charge in [-0.1, -0.05) is 28.8 Å². The smallest absolute Gasteiger partial charge is 0.224 e. The Hall–Kier alpha value is -0.330. The van der Waals surface area contributed by atoms with Crippen LogP contribution in [0.2, 0.25) is 0 Å². The number of sulfonamides is 1. The second kappa shape index (κ2) is 5.54. The van der Waals surface area contributed by atoms with E-state index in [9.17, 15) is 8.42 Å². The maximum Gasteiger partial charge on any atom is 0.224 e. The Labute approximate surface area is 110 Å². The molecule has 0 radical (unpaired) electrons. The first-order valence-electron chi connectivity index (χ1n) is 5.71. The van der Waals surface area contributed by atoms with E-state index < -0.39 is 10.0 Å². The van der Waals surface area contributed by atoms with Crippen molar-refractivity contribution in [1.82, 2.24) is 4.31 Å². The molecule has 0 N–H and O–H groups in total. The largest absolute Gasteiger partial charge is 0.468 e. The van der Waals surface area contributed by atoms with Crippen LogP contribution in [0.1, 0.15) is 31.4 Å². The van der Waals surface area contributed by atoms with Crippen molar-refractivity contribution in [1.29, 1.82) is 0 Å². The molecule has 0 unspecified atom stereocenters. The summed E-state index contributed by atoms with van der Waals surface area (Å²) in [6.45, 7) is 0.339. The van der Waals surface area contributed by atoms with Gasteiger partial charge in [-0.25, -0.2) is 8.42 Å². The molecule has 2 rings (SSSR count). The van der Waals surface area contributed by atoms with Gasteiger partial charge in [-0.2, -0.15) is 4.31 Å². The van der Waals surface area contributed by atoms with E-state index in [1.807, 2.05) is 6.07 Å². The third kappa shape index (κ3) is 3.11. The third-order valence-electron chi connectivity index (χ3n) is 3.12. The molecule has 1 aromatic rings. The lowest BCUT2D eigenvalue weighted by atomic mass is 10.2. The lowest BCUT2D eigenvalue weighted by Gasteiger charge is -2.26. The highest BCUT2D eigenvalue weighted by Gasteiger charge is 2.31. The fourth-order valence-corrected chi connectivity index (χ4v) is 4.17. The highest BCUT2D eigenvalue weighted by molar-refractivity contribution is 9.10. The molecular weight excluding hydrogens is 306 g/mol. The van der Waals surface area contributed by atoms with Gasteiger partial charge in [0.25, 0.3) is 0 Å². The van der Waals surface area contributed by atoms with Gasteiger partial charge in [-0.3, -0.25) is 0 Å². The normalized spacial score (nSPS) is 18.0. The summed E-state index contributed by atoms with van der Waals surface area (Å²) in [7, 11) is -3.23. The van der Waals surface area contributed by atoms with E-state index in [4.69, 9.17) is 4.42 Å². The fraction of sp³-hybridized carbons (Fsp3) is 0.636. The van der Waals surface area contributed by atoms with Crippen molar-refractivity contribution < 1.29 is 12.8 Å². The maximum atomic E-state index is 12.1. The van der Waals surface area contributed by atoms with Crippen LogP contribution in [0.4, 0.5) is 0 Å². The predicted octanol–water partition coefficient (Wildman–Crippen LogP) is 2.71. The zero-order chi connectivity index (χ0) is 12.3. The van der Waals surface area contributed by atoms with Crippen molar-refractivity contribution in [2.45, 2.75) is 38.3 Å². The molecule has 0 saturated heterocycles. The second-order valence-corrected chi connectivity index (χ2v) is 7.51. The first-order chi connectivity index (χ1) is 8.13. The summed E-state index contributed by atoms with van der Waals surface area (Å²) < 4.78 is 30.9. The van der Waals surface area contributed by atoms with Crippen LogP contribution >= 0.6 is 15.9 Å². The van der Waals surface area contributed by atoms with E-state index in [-0.39, 0.29) is 10.7 Å². The van der Waals surface area contributed by atoms with E-state index in [0.717, 1.165) is 25.7 Å². The van der Waals surface area contributed by atoms with Crippen LogP contribution in [0.15, 0.2) is 22.8 Å². The van der Waals surface area contributed by atoms with Crippen LogP contribution in [-0.4, -0.2) is 23.4 Å². The van der Waals surface area contributed by atoms with Gasteiger partial charge in [0.2, 0.25) is 10.0 Å². The van der Waals surface area contributed by atoms with E-state index in [2.05, 4.69) is 15.9 Å². The Balaban J connectivity index is 2.18. The summed E-state index contributed by atoms with van der Waals surface area (Å²) >= 11 is 3.06. The summed E-state index contributed by atoms with van der Waals surface area (Å²) in [6.07, 6.45) is 5.69. The standard InChI is InChI=1S/C11H16BrNO3S/c12-9-17(14,15)13(10-4-1-2-5-10)8-11-6-3-7-16-11/h3,6-7,10H,1-2,4-5,8-9H2. The Morgan fingerprint density at radius 3 is 2.65 bits per heavy atom. The van der Waals surface area contributed by atoms with E-state index in [0.29, 0.717) is 12.3 Å². The van der Waals surface area contributed by atoms with Crippen LogP contribution in [0.5, 0.6) is 0 Å². The van der Waals surface area contributed by atoms with Crippen molar-refractivity contribution >= 4 is 26.0 Å². The highest BCUT2D eigenvalue weighted by atomic mass is 79.9. The van der Waals surface area contributed by atoms with Gasteiger partial charge in [-0.05, 0) is 25.0 Å². The topological polar surface area (TPSA) is 50.5 Å². The van der Waals surface area contributed by atoms with Crippen LogP contribution in [0.25, 0.3) is 0 Å². The predicted molar refractivity (Wildman–Crippen MR) is 69.2 cm³/mol. The number of rotatable bonds is 5. The quantitative estimate of drug-likeness (QED) is 0.783. The molecule has 0 aromatic carbocycles. The molecule has 4 nitrogen and oxygen atoms in total. The Morgan fingerprint density at radius 1 is 1.41 bits per heavy atom. The molecular formula is C11H16BrNO3S. The molecule has 17 heavy (non-hydrogen) atoms. The summed E-state index contributed by atoms with van der Waals surface area (Å²) in [6, 6.07) is 3.72. The minimum atomic E-state index is -3.23. The molecule has 0 bridgehead atoms. The summed E-state index contributed by atoms with van der Waals surface area (Å²) in [5, 5.41) is 0. The van der Waals surface area contributed by atoms with Crippen molar-refractivity contribution in [3.05, 3.63) is 24.2 Å². The van der Waals surface area contributed by atoms with E-state index >= 15 is 0 Å². The molecule has 0 aliphatic heterocycles. The van der Waals surface area contributed by atoms with Gasteiger partial charge in [0.1, 0.15) is 10.4 Å². The van der Waals surface area contributed by atoms with E-state index in [1.54, 1.807) is 16.6 Å². The molecule has 1 heterocycles.